The van der Waals surface area contributed by atoms with Gasteiger partial charge < -0.3 is 64.4 Å². The lowest BCUT2D eigenvalue weighted by Crippen LogP contribution is -2.60. The predicted octanol–water partition coefficient (Wildman–Crippen LogP) is -3.84. The van der Waals surface area contributed by atoms with Gasteiger partial charge >= 0.3 is 11.9 Å². The maximum absolute atomic E-state index is 13.5. The molecule has 0 unspecified atom stereocenters. The zero-order chi connectivity index (χ0) is 41.8. The molecule has 1 aromatic rings. The van der Waals surface area contributed by atoms with E-state index in [2.05, 4.69) is 36.9 Å². The van der Waals surface area contributed by atoms with Gasteiger partial charge in [-0.1, -0.05) is 44.2 Å². The van der Waals surface area contributed by atoms with Crippen LogP contribution in [0.3, 0.4) is 0 Å². The summed E-state index contributed by atoms with van der Waals surface area (Å²) in [7, 11) is 0. The fraction of sp³-hybridized carbons (Fsp3) is 0.559. The number of hydrogen-bond donors (Lipinski definition) is 12. The number of aliphatic hydroxyl groups excluding tert-OH is 1. The van der Waals surface area contributed by atoms with Gasteiger partial charge in [-0.05, 0) is 44.6 Å². The maximum Gasteiger partial charge on any atom is 0.326 e. The number of hydrogen-bond acceptors (Lipinski definition) is 11. The van der Waals surface area contributed by atoms with Gasteiger partial charge in [0.15, 0.2) is 5.96 Å². The maximum atomic E-state index is 13.5. The number of carbonyl (C=O) groups excluding carboxylic acids is 6. The lowest BCUT2D eigenvalue weighted by atomic mass is 10.0. The molecule has 15 N–H and O–H groups in total. The van der Waals surface area contributed by atoms with Gasteiger partial charge in [-0.15, -0.1) is 0 Å². The smallest absolute Gasteiger partial charge is 0.326 e. The fourth-order valence-corrected chi connectivity index (χ4v) is 4.90. The third kappa shape index (κ3) is 18.2. The first-order valence-electron chi connectivity index (χ1n) is 17.5. The molecule has 7 atom stereocenters. The van der Waals surface area contributed by atoms with Crippen LogP contribution in [0.4, 0.5) is 0 Å². The van der Waals surface area contributed by atoms with Crippen molar-refractivity contribution < 1.29 is 53.7 Å². The molecular weight excluding hydrogens is 724 g/mol. The number of amides is 6. The van der Waals surface area contributed by atoms with E-state index < -0.39 is 103 Å². The van der Waals surface area contributed by atoms with Crippen molar-refractivity contribution in [3.05, 3.63) is 35.9 Å². The minimum atomic E-state index is -1.75. The first-order chi connectivity index (χ1) is 25.7. The Morgan fingerprint density at radius 3 is 1.71 bits per heavy atom. The van der Waals surface area contributed by atoms with E-state index in [-0.39, 0.29) is 44.1 Å². The molecule has 0 radical (unpaired) electrons. The molecule has 21 heteroatoms. The van der Waals surface area contributed by atoms with Gasteiger partial charge in [0, 0.05) is 13.0 Å². The summed E-state index contributed by atoms with van der Waals surface area (Å²) in [6.07, 6.45) is -0.760. The summed E-state index contributed by atoms with van der Waals surface area (Å²) >= 11 is 0. The van der Waals surface area contributed by atoms with Crippen LogP contribution in [0.5, 0.6) is 0 Å². The number of guanidine groups is 1. The molecule has 0 aliphatic heterocycles. The highest BCUT2D eigenvalue weighted by atomic mass is 16.4. The number of aliphatic carboxylic acids is 2. The number of nitrogens with one attached hydrogen (secondary N) is 6. The van der Waals surface area contributed by atoms with Crippen molar-refractivity contribution in [1.29, 1.82) is 0 Å². The van der Waals surface area contributed by atoms with E-state index >= 15 is 0 Å². The molecule has 0 aliphatic carbocycles. The van der Waals surface area contributed by atoms with Crippen LogP contribution in [-0.4, -0.2) is 124 Å². The second kappa shape index (κ2) is 23.8. The molecule has 1 aromatic carbocycles. The van der Waals surface area contributed by atoms with Crippen LogP contribution in [0.15, 0.2) is 35.3 Å². The van der Waals surface area contributed by atoms with Crippen LogP contribution in [0.1, 0.15) is 58.9 Å². The number of carboxylic acids is 2. The Labute approximate surface area is 318 Å². The first-order valence-corrected chi connectivity index (χ1v) is 17.5. The third-order valence-electron chi connectivity index (χ3n) is 7.81. The van der Waals surface area contributed by atoms with Gasteiger partial charge in [-0.3, -0.25) is 38.6 Å². The summed E-state index contributed by atoms with van der Waals surface area (Å²) in [6, 6.07) is -0.959. The highest BCUT2D eigenvalue weighted by Gasteiger charge is 2.33. The van der Waals surface area contributed by atoms with E-state index in [0.29, 0.717) is 5.56 Å². The SMILES string of the molecule is CC(C)C[C@H](NC(=O)[C@H](Cc1ccccc1)NC(=O)[C@H](C)N)C(=O)N[C@@H](CC(=O)O)C(=O)N[C@@H](C)C(=O)N[C@@H](CO)C(=O)N[C@@H](CCCN=C(N)N)C(=O)O. The number of nitrogens with zero attached hydrogens (tertiary/aromatic N) is 1. The van der Waals surface area contributed by atoms with Gasteiger partial charge in [0.05, 0.1) is 19.1 Å². The van der Waals surface area contributed by atoms with Crippen molar-refractivity contribution in [2.24, 2.45) is 28.1 Å². The fourth-order valence-electron chi connectivity index (χ4n) is 4.90. The molecule has 0 aliphatic rings. The second-order valence-electron chi connectivity index (χ2n) is 13.2. The zero-order valence-electron chi connectivity index (χ0n) is 31.2. The number of carbonyl (C=O) groups is 8. The molecule has 0 aromatic heterocycles. The molecular formula is C34H54N10O11. The molecule has 0 spiro atoms. The van der Waals surface area contributed by atoms with Crippen LogP contribution in [0.2, 0.25) is 0 Å². The summed E-state index contributed by atoms with van der Waals surface area (Å²) in [5.74, 6) is -8.77. The summed E-state index contributed by atoms with van der Waals surface area (Å²) < 4.78 is 0. The molecule has 0 saturated carbocycles. The van der Waals surface area contributed by atoms with Crippen LogP contribution in [-0.2, 0) is 44.8 Å². The van der Waals surface area contributed by atoms with Crippen molar-refractivity contribution in [3.63, 3.8) is 0 Å². The topological polar surface area (TPSA) is 360 Å². The first kappa shape index (κ1) is 47.2. The Morgan fingerprint density at radius 2 is 1.18 bits per heavy atom. The van der Waals surface area contributed by atoms with E-state index in [0.717, 1.165) is 0 Å². The summed E-state index contributed by atoms with van der Waals surface area (Å²) in [5, 5.41) is 42.8. The van der Waals surface area contributed by atoms with Gasteiger partial charge in [0.1, 0.15) is 36.3 Å². The van der Waals surface area contributed by atoms with E-state index in [1.807, 2.05) is 0 Å². The quantitative estimate of drug-likeness (QED) is 0.0272. The number of rotatable bonds is 24. The number of aliphatic imine (C=N–C) groups is 1. The Balaban J connectivity index is 3.08. The Hall–Kier alpha value is -5.83. The highest BCUT2D eigenvalue weighted by Crippen LogP contribution is 2.10. The largest absolute Gasteiger partial charge is 0.481 e. The molecule has 0 saturated heterocycles. The molecule has 1 rings (SSSR count). The number of benzene rings is 1. The Kier molecular flexibility index (Phi) is 20.4. The molecule has 0 bridgehead atoms. The number of aliphatic hydroxyl groups is 1. The normalized spacial score (nSPS) is 14.7. The molecule has 0 heterocycles. The van der Waals surface area contributed by atoms with Gasteiger partial charge in [0.2, 0.25) is 35.4 Å². The zero-order valence-corrected chi connectivity index (χ0v) is 31.2. The van der Waals surface area contributed by atoms with Crippen LogP contribution >= 0.6 is 0 Å². The minimum absolute atomic E-state index is 0.0424. The molecule has 21 nitrogen and oxygen atoms in total. The van der Waals surface area contributed by atoms with Crippen molar-refractivity contribution >= 4 is 53.3 Å². The predicted molar refractivity (Wildman–Crippen MR) is 197 cm³/mol. The average Bonchev–Trinajstić information content (AvgIpc) is 3.10. The van der Waals surface area contributed by atoms with E-state index in [1.54, 1.807) is 44.2 Å². The molecule has 6 amide bonds. The van der Waals surface area contributed by atoms with Gasteiger partial charge in [0.25, 0.3) is 0 Å². The molecule has 55 heavy (non-hydrogen) atoms. The van der Waals surface area contributed by atoms with E-state index in [9.17, 15) is 53.7 Å². The lowest BCUT2D eigenvalue weighted by Gasteiger charge is -2.27. The number of carboxylic acid groups (broad SMARTS) is 2. The third-order valence-corrected chi connectivity index (χ3v) is 7.81. The Bertz CT molecular complexity index is 1520. The van der Waals surface area contributed by atoms with Crippen LogP contribution in [0, 0.1) is 5.92 Å². The van der Waals surface area contributed by atoms with Gasteiger partial charge in [-0.2, -0.15) is 0 Å². The van der Waals surface area contributed by atoms with Gasteiger partial charge in [-0.25, -0.2) is 4.79 Å². The van der Waals surface area contributed by atoms with Crippen molar-refractivity contribution in [1.82, 2.24) is 31.9 Å². The summed E-state index contributed by atoms with van der Waals surface area (Å²) in [6.45, 7) is 5.24. The summed E-state index contributed by atoms with van der Waals surface area (Å²) in [5.41, 5.74) is 16.9. The van der Waals surface area contributed by atoms with Crippen LogP contribution in [0.25, 0.3) is 0 Å². The van der Waals surface area contributed by atoms with Crippen molar-refractivity contribution in [2.45, 2.75) is 102 Å². The second-order valence-corrected chi connectivity index (χ2v) is 13.2. The minimum Gasteiger partial charge on any atom is -0.481 e. The Morgan fingerprint density at radius 1 is 0.673 bits per heavy atom. The standard InChI is InChI=1S/C34H54N10O11/c1-17(2)13-22(42-31(52)23(41-27(48)18(3)35)14-20-9-6-5-7-10-20)30(51)43-24(15-26(46)47)29(50)39-19(4)28(49)44-25(16-45)32(53)40-21(33(54)55)11-8-12-38-34(36)37/h5-7,9-10,17-19,21-25,45H,8,11-16,35H2,1-4H3,(H,39,50)(H,40,53)(H,41,48)(H,42,52)(H,43,51)(H,44,49)(H,46,47)(H,54,55)(H4,36,37,38)/t18-,19-,21-,22-,23-,24-,25-/m0/s1. The lowest BCUT2D eigenvalue weighted by molar-refractivity contribution is -0.142. The molecule has 306 valence electrons. The van der Waals surface area contributed by atoms with Crippen molar-refractivity contribution in [2.75, 3.05) is 13.2 Å². The number of nitrogens with two attached hydrogens (primary N) is 3. The van der Waals surface area contributed by atoms with E-state index in [1.165, 1.54) is 13.8 Å². The van der Waals surface area contributed by atoms with Crippen molar-refractivity contribution in [3.8, 4) is 0 Å². The summed E-state index contributed by atoms with van der Waals surface area (Å²) in [4.78, 5) is 105. The molecule has 0 fully saturated rings. The average molecular weight is 779 g/mol. The van der Waals surface area contributed by atoms with E-state index in [4.69, 9.17) is 17.2 Å². The monoisotopic (exact) mass is 778 g/mol. The highest BCUT2D eigenvalue weighted by molar-refractivity contribution is 5.98. The van der Waals surface area contributed by atoms with Crippen LogP contribution < -0.4 is 49.1 Å².